The predicted molar refractivity (Wildman–Crippen MR) is 72.2 cm³/mol. The number of methoxy groups -OCH3 is 1. The van der Waals surface area contributed by atoms with Crippen molar-refractivity contribution in [1.82, 2.24) is 4.90 Å². The summed E-state index contributed by atoms with van der Waals surface area (Å²) in [5.41, 5.74) is 6.67. The van der Waals surface area contributed by atoms with Crippen LogP contribution in [0.4, 0.5) is 0 Å². The Balaban J connectivity index is 2.65. The highest BCUT2D eigenvalue weighted by Crippen LogP contribution is 2.13. The SMILES string of the molecule is COC(=O)C(C)CN(C)C(=O)[C@H](N)c1ccccc1. The van der Waals surface area contributed by atoms with E-state index >= 15 is 0 Å². The maximum atomic E-state index is 12.1. The first kappa shape index (κ1) is 15.2. The van der Waals surface area contributed by atoms with Crippen molar-refractivity contribution < 1.29 is 14.3 Å². The highest BCUT2D eigenvalue weighted by atomic mass is 16.5. The van der Waals surface area contributed by atoms with E-state index in [4.69, 9.17) is 5.73 Å². The lowest BCUT2D eigenvalue weighted by Crippen LogP contribution is -2.39. The standard InChI is InChI=1S/C14H20N2O3/c1-10(14(18)19-3)9-16(2)13(17)12(15)11-7-5-4-6-8-11/h4-8,10,12H,9,15H2,1-3H3/t10?,12-/m1/s1. The van der Waals surface area contributed by atoms with Gasteiger partial charge in [-0.25, -0.2) is 0 Å². The van der Waals surface area contributed by atoms with E-state index in [0.717, 1.165) is 5.56 Å². The van der Waals surface area contributed by atoms with Crippen molar-refractivity contribution in [3.63, 3.8) is 0 Å². The summed E-state index contributed by atoms with van der Waals surface area (Å²) in [6, 6.07) is 8.43. The molecule has 2 atom stereocenters. The third-order valence-corrected chi connectivity index (χ3v) is 2.95. The van der Waals surface area contributed by atoms with Gasteiger partial charge in [0.25, 0.3) is 0 Å². The number of benzene rings is 1. The molecule has 1 amide bonds. The molecule has 5 nitrogen and oxygen atoms in total. The summed E-state index contributed by atoms with van der Waals surface area (Å²) < 4.78 is 4.63. The largest absolute Gasteiger partial charge is 0.469 e. The number of ether oxygens (including phenoxy) is 1. The number of esters is 1. The average Bonchev–Trinajstić information content (AvgIpc) is 2.45. The van der Waals surface area contributed by atoms with E-state index in [-0.39, 0.29) is 24.3 Å². The Bertz CT molecular complexity index is 434. The molecule has 0 fully saturated rings. The number of carbonyl (C=O) groups is 2. The van der Waals surface area contributed by atoms with E-state index in [1.807, 2.05) is 18.2 Å². The molecule has 0 aliphatic carbocycles. The molecule has 104 valence electrons. The Kier molecular flexibility index (Phi) is 5.51. The highest BCUT2D eigenvalue weighted by Gasteiger charge is 2.23. The van der Waals surface area contributed by atoms with Crippen LogP contribution in [0, 0.1) is 5.92 Å². The number of amides is 1. The average molecular weight is 264 g/mol. The summed E-state index contributed by atoms with van der Waals surface area (Å²) in [5, 5.41) is 0. The third kappa shape index (κ3) is 4.06. The van der Waals surface area contributed by atoms with E-state index in [9.17, 15) is 9.59 Å². The maximum Gasteiger partial charge on any atom is 0.310 e. The van der Waals surface area contributed by atoms with Gasteiger partial charge in [-0.05, 0) is 5.56 Å². The quantitative estimate of drug-likeness (QED) is 0.804. The van der Waals surface area contributed by atoms with Crippen LogP contribution in [0.3, 0.4) is 0 Å². The van der Waals surface area contributed by atoms with E-state index < -0.39 is 6.04 Å². The van der Waals surface area contributed by atoms with Gasteiger partial charge in [0.05, 0.1) is 13.0 Å². The lowest BCUT2D eigenvalue weighted by atomic mass is 10.1. The summed E-state index contributed by atoms with van der Waals surface area (Å²) in [7, 11) is 2.96. The van der Waals surface area contributed by atoms with E-state index in [0.29, 0.717) is 0 Å². The van der Waals surface area contributed by atoms with Gasteiger partial charge in [-0.3, -0.25) is 9.59 Å². The van der Waals surface area contributed by atoms with Crippen molar-refractivity contribution in [1.29, 1.82) is 0 Å². The summed E-state index contributed by atoms with van der Waals surface area (Å²) >= 11 is 0. The number of carbonyl (C=O) groups excluding carboxylic acids is 2. The number of rotatable bonds is 5. The molecule has 19 heavy (non-hydrogen) atoms. The van der Waals surface area contributed by atoms with Gasteiger partial charge in [-0.1, -0.05) is 37.3 Å². The van der Waals surface area contributed by atoms with Crippen LogP contribution in [0.2, 0.25) is 0 Å². The summed E-state index contributed by atoms with van der Waals surface area (Å²) in [6.45, 7) is 2.00. The summed E-state index contributed by atoms with van der Waals surface area (Å²) in [5.74, 6) is -0.934. The fourth-order valence-corrected chi connectivity index (χ4v) is 1.82. The first-order chi connectivity index (χ1) is 8.97. The minimum atomic E-state index is -0.712. The minimum absolute atomic E-state index is 0.220. The van der Waals surface area contributed by atoms with E-state index in [1.54, 1.807) is 26.1 Å². The van der Waals surface area contributed by atoms with Crippen LogP contribution in [0.1, 0.15) is 18.5 Å². The van der Waals surface area contributed by atoms with Crippen LogP contribution in [-0.2, 0) is 14.3 Å². The van der Waals surface area contributed by atoms with Crippen LogP contribution < -0.4 is 5.73 Å². The Morgan fingerprint density at radius 2 is 1.89 bits per heavy atom. The molecule has 0 saturated heterocycles. The third-order valence-electron chi connectivity index (χ3n) is 2.95. The number of nitrogens with two attached hydrogens (primary N) is 1. The van der Waals surface area contributed by atoms with Crippen molar-refractivity contribution in [3.8, 4) is 0 Å². The summed E-state index contributed by atoms with van der Waals surface area (Å²) in [4.78, 5) is 24.9. The van der Waals surface area contributed by atoms with Crippen molar-refractivity contribution in [2.24, 2.45) is 11.7 Å². The predicted octanol–water partition coefficient (Wildman–Crippen LogP) is 0.954. The van der Waals surface area contributed by atoms with Crippen molar-refractivity contribution in [2.45, 2.75) is 13.0 Å². The van der Waals surface area contributed by atoms with Crippen molar-refractivity contribution in [3.05, 3.63) is 35.9 Å². The number of hydrogen-bond donors (Lipinski definition) is 1. The van der Waals surface area contributed by atoms with Gasteiger partial charge in [-0.2, -0.15) is 0 Å². The van der Waals surface area contributed by atoms with Crippen LogP contribution >= 0.6 is 0 Å². The Labute approximate surface area is 113 Å². The van der Waals surface area contributed by atoms with Crippen molar-refractivity contribution in [2.75, 3.05) is 20.7 Å². The number of hydrogen-bond acceptors (Lipinski definition) is 4. The van der Waals surface area contributed by atoms with Crippen molar-refractivity contribution >= 4 is 11.9 Å². The smallest absolute Gasteiger partial charge is 0.310 e. The monoisotopic (exact) mass is 264 g/mol. The van der Waals surface area contributed by atoms with E-state index in [1.165, 1.54) is 12.0 Å². The molecule has 0 aromatic heterocycles. The molecule has 0 radical (unpaired) electrons. The molecule has 2 N–H and O–H groups in total. The molecule has 0 heterocycles. The molecule has 0 aliphatic heterocycles. The second kappa shape index (κ2) is 6.89. The topological polar surface area (TPSA) is 72.6 Å². The van der Waals surface area contributed by atoms with Gasteiger partial charge in [0.15, 0.2) is 0 Å². The second-order valence-electron chi connectivity index (χ2n) is 4.53. The first-order valence-electron chi connectivity index (χ1n) is 6.10. The summed E-state index contributed by atoms with van der Waals surface area (Å²) in [6.07, 6.45) is 0. The van der Waals surface area contributed by atoms with Gasteiger partial charge in [0.2, 0.25) is 5.91 Å². The molecular formula is C14H20N2O3. The zero-order valence-electron chi connectivity index (χ0n) is 11.5. The number of likely N-dealkylation sites (N-methyl/N-ethyl adjacent to an activating group) is 1. The molecule has 0 bridgehead atoms. The van der Waals surface area contributed by atoms with Gasteiger partial charge < -0.3 is 15.4 Å². The van der Waals surface area contributed by atoms with Gasteiger partial charge in [0, 0.05) is 13.6 Å². The molecule has 0 aliphatic rings. The van der Waals surface area contributed by atoms with Crippen LogP contribution in [0.5, 0.6) is 0 Å². The molecule has 0 spiro atoms. The lowest BCUT2D eigenvalue weighted by Gasteiger charge is -2.23. The Morgan fingerprint density at radius 1 is 1.32 bits per heavy atom. The van der Waals surface area contributed by atoms with Crippen LogP contribution in [0.25, 0.3) is 0 Å². The second-order valence-corrected chi connectivity index (χ2v) is 4.53. The first-order valence-corrected chi connectivity index (χ1v) is 6.10. The maximum absolute atomic E-state index is 12.1. The molecule has 1 rings (SSSR count). The zero-order chi connectivity index (χ0) is 14.4. The Hall–Kier alpha value is -1.88. The van der Waals surface area contributed by atoms with Gasteiger partial charge >= 0.3 is 5.97 Å². The van der Waals surface area contributed by atoms with E-state index in [2.05, 4.69) is 4.74 Å². The zero-order valence-corrected chi connectivity index (χ0v) is 11.5. The minimum Gasteiger partial charge on any atom is -0.469 e. The lowest BCUT2D eigenvalue weighted by molar-refractivity contribution is -0.146. The van der Waals surface area contributed by atoms with Crippen LogP contribution in [-0.4, -0.2) is 37.5 Å². The molecule has 1 aromatic carbocycles. The van der Waals surface area contributed by atoms with Crippen LogP contribution in [0.15, 0.2) is 30.3 Å². The molecule has 1 unspecified atom stereocenters. The highest BCUT2D eigenvalue weighted by molar-refractivity contribution is 5.83. The fraction of sp³-hybridized carbons (Fsp3) is 0.429. The van der Waals surface area contributed by atoms with Gasteiger partial charge in [-0.15, -0.1) is 0 Å². The normalized spacial score (nSPS) is 13.5. The fourth-order valence-electron chi connectivity index (χ4n) is 1.82. The molecule has 1 aromatic rings. The molecule has 0 saturated carbocycles. The molecule has 5 heteroatoms. The Morgan fingerprint density at radius 3 is 2.42 bits per heavy atom. The number of nitrogens with zero attached hydrogens (tertiary/aromatic N) is 1. The molecular weight excluding hydrogens is 244 g/mol. The van der Waals surface area contributed by atoms with Gasteiger partial charge in [0.1, 0.15) is 6.04 Å².